The summed E-state index contributed by atoms with van der Waals surface area (Å²) >= 11 is 5.90. The summed E-state index contributed by atoms with van der Waals surface area (Å²) in [7, 11) is 0. The molecule has 1 amide bonds. The number of halogens is 1. The van der Waals surface area contributed by atoms with E-state index in [1.165, 1.54) is 0 Å². The van der Waals surface area contributed by atoms with Crippen LogP contribution in [0.1, 0.15) is 39.2 Å². The molecule has 0 spiro atoms. The van der Waals surface area contributed by atoms with Crippen molar-refractivity contribution < 1.29 is 9.53 Å². The molecule has 1 rings (SSSR count). The molecule has 4 heteroatoms. The van der Waals surface area contributed by atoms with Crippen LogP contribution in [0, 0.1) is 5.92 Å². The number of anilines is 1. The minimum Gasteiger partial charge on any atom is -0.494 e. The van der Waals surface area contributed by atoms with Gasteiger partial charge in [0.05, 0.1) is 12.5 Å². The zero-order valence-corrected chi connectivity index (χ0v) is 12.6. The molecule has 1 N–H and O–H groups in total. The van der Waals surface area contributed by atoms with Gasteiger partial charge in [0.1, 0.15) is 5.75 Å². The van der Waals surface area contributed by atoms with E-state index in [9.17, 15) is 4.79 Å². The van der Waals surface area contributed by atoms with Crippen molar-refractivity contribution in [1.82, 2.24) is 0 Å². The number of amides is 1. The molecular formula is C15H22ClNO2. The molecule has 0 aliphatic heterocycles. The Labute approximate surface area is 120 Å². The van der Waals surface area contributed by atoms with E-state index in [1.54, 1.807) is 0 Å². The number of hydrogen-bond acceptors (Lipinski definition) is 2. The Morgan fingerprint density at radius 2 is 2.16 bits per heavy atom. The maximum absolute atomic E-state index is 11.9. The second-order valence-corrected chi connectivity index (χ2v) is 4.84. The predicted molar refractivity (Wildman–Crippen MR) is 79.9 cm³/mol. The first-order valence-electron chi connectivity index (χ1n) is 6.74. The van der Waals surface area contributed by atoms with Crippen LogP contribution in [0.5, 0.6) is 5.75 Å². The van der Waals surface area contributed by atoms with Crippen LogP contribution in [-0.2, 0) is 10.7 Å². The van der Waals surface area contributed by atoms with Crippen molar-refractivity contribution in [2.45, 2.75) is 39.5 Å². The fourth-order valence-electron chi connectivity index (χ4n) is 1.89. The fourth-order valence-corrected chi connectivity index (χ4v) is 2.10. The standard InChI is InChI=1S/C15H22ClNO2/c1-4-6-11(3)15(18)17-13-7-8-14(19-5-2)12(9-13)10-16/h7-9,11H,4-6,10H2,1-3H3,(H,17,18). The number of ether oxygens (including phenoxy) is 1. The largest absolute Gasteiger partial charge is 0.494 e. The second-order valence-electron chi connectivity index (χ2n) is 4.57. The zero-order chi connectivity index (χ0) is 14.3. The lowest BCUT2D eigenvalue weighted by molar-refractivity contribution is -0.119. The van der Waals surface area contributed by atoms with Gasteiger partial charge in [0.2, 0.25) is 5.91 Å². The number of benzene rings is 1. The van der Waals surface area contributed by atoms with Crippen molar-refractivity contribution in [2.75, 3.05) is 11.9 Å². The van der Waals surface area contributed by atoms with Crippen LogP contribution in [0.2, 0.25) is 0 Å². The SMILES string of the molecule is CCCC(C)C(=O)Nc1ccc(OCC)c(CCl)c1. The van der Waals surface area contributed by atoms with Gasteiger partial charge in [-0.2, -0.15) is 0 Å². The lowest BCUT2D eigenvalue weighted by atomic mass is 10.1. The van der Waals surface area contributed by atoms with Gasteiger partial charge in [0.15, 0.2) is 0 Å². The van der Waals surface area contributed by atoms with Crippen LogP contribution in [0.3, 0.4) is 0 Å². The molecule has 0 heterocycles. The normalized spacial score (nSPS) is 12.0. The van der Waals surface area contributed by atoms with E-state index >= 15 is 0 Å². The molecule has 0 aliphatic carbocycles. The topological polar surface area (TPSA) is 38.3 Å². The van der Waals surface area contributed by atoms with E-state index < -0.39 is 0 Å². The van der Waals surface area contributed by atoms with Gasteiger partial charge >= 0.3 is 0 Å². The molecule has 0 saturated carbocycles. The summed E-state index contributed by atoms with van der Waals surface area (Å²) in [6.45, 7) is 6.55. The third-order valence-electron chi connectivity index (χ3n) is 2.94. The Morgan fingerprint density at radius 1 is 1.42 bits per heavy atom. The second kappa shape index (κ2) is 8.05. The number of hydrogen-bond donors (Lipinski definition) is 1. The summed E-state index contributed by atoms with van der Waals surface area (Å²) in [5.74, 6) is 1.21. The zero-order valence-electron chi connectivity index (χ0n) is 11.8. The van der Waals surface area contributed by atoms with Crippen molar-refractivity contribution in [1.29, 1.82) is 0 Å². The Hall–Kier alpha value is -1.22. The molecule has 19 heavy (non-hydrogen) atoms. The number of carbonyl (C=O) groups is 1. The maximum atomic E-state index is 11.9. The van der Waals surface area contributed by atoms with Crippen LogP contribution in [0.4, 0.5) is 5.69 Å². The van der Waals surface area contributed by atoms with Gasteiger partial charge < -0.3 is 10.1 Å². The molecule has 0 radical (unpaired) electrons. The summed E-state index contributed by atoms with van der Waals surface area (Å²) in [6, 6.07) is 5.56. The van der Waals surface area contributed by atoms with Gasteiger partial charge in [-0.25, -0.2) is 0 Å². The molecule has 1 atom stereocenters. The molecule has 1 aromatic carbocycles. The summed E-state index contributed by atoms with van der Waals surface area (Å²) in [6.07, 6.45) is 1.90. The van der Waals surface area contributed by atoms with E-state index in [1.807, 2.05) is 32.0 Å². The number of alkyl halides is 1. The van der Waals surface area contributed by atoms with Crippen LogP contribution >= 0.6 is 11.6 Å². The first kappa shape index (κ1) is 15.8. The average Bonchev–Trinajstić information content (AvgIpc) is 2.41. The van der Waals surface area contributed by atoms with Crippen molar-refractivity contribution in [2.24, 2.45) is 5.92 Å². The maximum Gasteiger partial charge on any atom is 0.227 e. The Kier molecular flexibility index (Phi) is 6.71. The minimum absolute atomic E-state index is 0.0241. The van der Waals surface area contributed by atoms with Gasteiger partial charge in [-0.1, -0.05) is 20.3 Å². The van der Waals surface area contributed by atoms with Gasteiger partial charge in [-0.15, -0.1) is 11.6 Å². The highest BCUT2D eigenvalue weighted by Gasteiger charge is 2.12. The molecule has 0 saturated heterocycles. The van der Waals surface area contributed by atoms with Crippen molar-refractivity contribution in [3.63, 3.8) is 0 Å². The molecule has 3 nitrogen and oxygen atoms in total. The molecule has 0 aliphatic rings. The lowest BCUT2D eigenvalue weighted by Crippen LogP contribution is -2.20. The van der Waals surface area contributed by atoms with E-state index in [-0.39, 0.29) is 11.8 Å². The van der Waals surface area contributed by atoms with Gasteiger partial charge in [-0.3, -0.25) is 4.79 Å². The third-order valence-corrected chi connectivity index (χ3v) is 3.23. The van der Waals surface area contributed by atoms with Crippen LogP contribution < -0.4 is 10.1 Å². The Bertz CT molecular complexity index is 421. The highest BCUT2D eigenvalue weighted by Crippen LogP contribution is 2.25. The lowest BCUT2D eigenvalue weighted by Gasteiger charge is -2.13. The fraction of sp³-hybridized carbons (Fsp3) is 0.533. The minimum atomic E-state index is 0.0241. The van der Waals surface area contributed by atoms with Gasteiger partial charge in [-0.05, 0) is 31.5 Å². The quantitative estimate of drug-likeness (QED) is 0.762. The summed E-state index contributed by atoms with van der Waals surface area (Å²) in [5, 5.41) is 2.92. The first-order valence-corrected chi connectivity index (χ1v) is 7.28. The van der Waals surface area contributed by atoms with Crippen molar-refractivity contribution >= 4 is 23.2 Å². The van der Waals surface area contributed by atoms with Crippen LogP contribution in [-0.4, -0.2) is 12.5 Å². The molecule has 1 aromatic rings. The summed E-state index contributed by atoms with van der Waals surface area (Å²) in [4.78, 5) is 11.9. The molecule has 0 bridgehead atoms. The molecule has 0 fully saturated rings. The third kappa shape index (κ3) is 4.75. The average molecular weight is 284 g/mol. The monoisotopic (exact) mass is 283 g/mol. The van der Waals surface area contributed by atoms with Gasteiger partial charge in [0, 0.05) is 17.2 Å². The molecule has 0 aromatic heterocycles. The highest BCUT2D eigenvalue weighted by atomic mass is 35.5. The summed E-state index contributed by atoms with van der Waals surface area (Å²) in [5.41, 5.74) is 1.66. The Morgan fingerprint density at radius 3 is 2.74 bits per heavy atom. The van der Waals surface area contributed by atoms with E-state index in [0.29, 0.717) is 12.5 Å². The van der Waals surface area contributed by atoms with E-state index in [0.717, 1.165) is 29.8 Å². The smallest absolute Gasteiger partial charge is 0.227 e. The highest BCUT2D eigenvalue weighted by molar-refractivity contribution is 6.17. The van der Waals surface area contributed by atoms with E-state index in [2.05, 4.69) is 12.2 Å². The predicted octanol–water partition coefficient (Wildman–Crippen LogP) is 4.20. The number of carbonyl (C=O) groups excluding carboxylic acids is 1. The number of nitrogens with one attached hydrogen (secondary N) is 1. The molecule has 106 valence electrons. The van der Waals surface area contributed by atoms with E-state index in [4.69, 9.17) is 16.3 Å². The molecular weight excluding hydrogens is 262 g/mol. The Balaban J connectivity index is 2.76. The van der Waals surface area contributed by atoms with Crippen LogP contribution in [0.15, 0.2) is 18.2 Å². The molecule has 1 unspecified atom stereocenters. The number of rotatable bonds is 7. The summed E-state index contributed by atoms with van der Waals surface area (Å²) < 4.78 is 5.48. The van der Waals surface area contributed by atoms with Crippen molar-refractivity contribution in [3.8, 4) is 5.75 Å². The first-order chi connectivity index (χ1) is 9.12. The van der Waals surface area contributed by atoms with Gasteiger partial charge in [0.25, 0.3) is 0 Å². The van der Waals surface area contributed by atoms with Crippen LogP contribution in [0.25, 0.3) is 0 Å². The van der Waals surface area contributed by atoms with Crippen molar-refractivity contribution in [3.05, 3.63) is 23.8 Å².